The third kappa shape index (κ3) is 3.94. The minimum absolute atomic E-state index is 0.158. The van der Waals surface area contributed by atoms with E-state index in [0.29, 0.717) is 0 Å². The fourth-order valence-corrected chi connectivity index (χ4v) is 3.22. The van der Waals surface area contributed by atoms with Gasteiger partial charge >= 0.3 is 0 Å². The van der Waals surface area contributed by atoms with Gasteiger partial charge in [-0.15, -0.1) is 0 Å². The van der Waals surface area contributed by atoms with Crippen LogP contribution in [-0.2, 0) is 17.6 Å². The number of ether oxygens (including phenoxy) is 1. The van der Waals surface area contributed by atoms with Crippen molar-refractivity contribution in [3.8, 4) is 5.75 Å². The molecular weight excluding hydrogens is 354 g/mol. The molecule has 120 valence electrons. The van der Waals surface area contributed by atoms with E-state index < -0.39 is 6.10 Å². The summed E-state index contributed by atoms with van der Waals surface area (Å²) in [5.41, 5.74) is 3.51. The van der Waals surface area contributed by atoms with Crippen LogP contribution >= 0.6 is 15.9 Å². The molecule has 1 amide bonds. The second kappa shape index (κ2) is 7.18. The molecule has 0 fully saturated rings. The second-order valence-corrected chi connectivity index (χ2v) is 6.72. The first-order valence-electron chi connectivity index (χ1n) is 7.97. The standard InChI is InChI=1S/C19H20BrNO2/c1-13(19(22)21-18-9-5-4-8-17(18)20)23-16-11-10-14-6-2-3-7-15(14)12-16/h4-5,8-13H,2-3,6-7H2,1H3,(H,21,22). The van der Waals surface area contributed by atoms with Gasteiger partial charge in [-0.05, 0) is 83.9 Å². The number of hydrogen-bond acceptors (Lipinski definition) is 2. The molecule has 0 radical (unpaired) electrons. The zero-order chi connectivity index (χ0) is 16.2. The lowest BCUT2D eigenvalue weighted by Crippen LogP contribution is -2.30. The van der Waals surface area contributed by atoms with Crippen LogP contribution in [0.25, 0.3) is 0 Å². The summed E-state index contributed by atoms with van der Waals surface area (Å²) in [7, 11) is 0. The fraction of sp³-hybridized carbons (Fsp3) is 0.316. The summed E-state index contributed by atoms with van der Waals surface area (Å²) in [6.45, 7) is 1.77. The first-order valence-corrected chi connectivity index (χ1v) is 8.76. The van der Waals surface area contributed by atoms with E-state index in [-0.39, 0.29) is 5.91 Å². The van der Waals surface area contributed by atoms with Crippen molar-refractivity contribution in [1.29, 1.82) is 0 Å². The third-order valence-electron chi connectivity index (χ3n) is 4.13. The van der Waals surface area contributed by atoms with E-state index in [2.05, 4.69) is 33.4 Å². The highest BCUT2D eigenvalue weighted by atomic mass is 79.9. The lowest BCUT2D eigenvalue weighted by molar-refractivity contribution is -0.122. The molecule has 1 aliphatic carbocycles. The summed E-state index contributed by atoms with van der Waals surface area (Å²) in [5.74, 6) is 0.607. The summed E-state index contributed by atoms with van der Waals surface area (Å²) in [6, 6.07) is 13.7. The minimum Gasteiger partial charge on any atom is -0.481 e. The number of fused-ring (bicyclic) bond motifs is 1. The maximum atomic E-state index is 12.3. The maximum Gasteiger partial charge on any atom is 0.265 e. The van der Waals surface area contributed by atoms with Crippen molar-refractivity contribution in [3.63, 3.8) is 0 Å². The van der Waals surface area contributed by atoms with Gasteiger partial charge < -0.3 is 10.1 Å². The molecule has 0 aromatic heterocycles. The first kappa shape index (κ1) is 16.1. The van der Waals surface area contributed by atoms with Crippen molar-refractivity contribution >= 4 is 27.5 Å². The molecule has 2 aromatic carbocycles. The molecule has 1 N–H and O–H groups in total. The van der Waals surface area contributed by atoms with Crippen LogP contribution in [0.3, 0.4) is 0 Å². The number of anilines is 1. The number of para-hydroxylation sites is 1. The average Bonchev–Trinajstić information content (AvgIpc) is 2.56. The number of amides is 1. The number of carbonyl (C=O) groups is 1. The predicted molar refractivity (Wildman–Crippen MR) is 95.9 cm³/mol. The molecule has 0 saturated heterocycles. The van der Waals surface area contributed by atoms with Gasteiger partial charge in [0.2, 0.25) is 0 Å². The minimum atomic E-state index is -0.552. The van der Waals surface area contributed by atoms with Crippen molar-refractivity contribution in [2.45, 2.75) is 38.7 Å². The summed E-state index contributed by atoms with van der Waals surface area (Å²) in [5, 5.41) is 2.88. The van der Waals surface area contributed by atoms with Gasteiger partial charge in [0, 0.05) is 4.47 Å². The summed E-state index contributed by atoms with van der Waals surface area (Å²) >= 11 is 3.43. The molecule has 0 bridgehead atoms. The summed E-state index contributed by atoms with van der Waals surface area (Å²) in [6.07, 6.45) is 4.19. The van der Waals surface area contributed by atoms with Gasteiger partial charge in [-0.3, -0.25) is 4.79 Å². The Morgan fingerprint density at radius 3 is 2.65 bits per heavy atom. The number of benzene rings is 2. The van der Waals surface area contributed by atoms with E-state index in [1.54, 1.807) is 6.92 Å². The number of carbonyl (C=O) groups excluding carboxylic acids is 1. The maximum absolute atomic E-state index is 12.3. The molecule has 0 aliphatic heterocycles. The summed E-state index contributed by atoms with van der Waals surface area (Å²) < 4.78 is 6.68. The Hall–Kier alpha value is -1.81. The molecule has 0 saturated carbocycles. The lowest BCUT2D eigenvalue weighted by Gasteiger charge is -2.19. The highest BCUT2D eigenvalue weighted by molar-refractivity contribution is 9.10. The van der Waals surface area contributed by atoms with Gasteiger partial charge in [0.25, 0.3) is 5.91 Å². The van der Waals surface area contributed by atoms with Crippen molar-refractivity contribution in [2.75, 3.05) is 5.32 Å². The lowest BCUT2D eigenvalue weighted by atomic mass is 9.92. The van der Waals surface area contributed by atoms with Crippen LogP contribution in [-0.4, -0.2) is 12.0 Å². The van der Waals surface area contributed by atoms with Gasteiger partial charge in [0.05, 0.1) is 5.69 Å². The van der Waals surface area contributed by atoms with Gasteiger partial charge in [0.1, 0.15) is 5.75 Å². The highest BCUT2D eigenvalue weighted by Crippen LogP contribution is 2.26. The smallest absolute Gasteiger partial charge is 0.265 e. The van der Waals surface area contributed by atoms with Gasteiger partial charge in [0.15, 0.2) is 6.10 Å². The van der Waals surface area contributed by atoms with E-state index in [0.717, 1.165) is 28.8 Å². The van der Waals surface area contributed by atoms with E-state index >= 15 is 0 Å². The predicted octanol–water partition coefficient (Wildman–Crippen LogP) is 4.73. The van der Waals surface area contributed by atoms with Crippen LogP contribution in [0.2, 0.25) is 0 Å². The normalized spacial score (nSPS) is 14.7. The number of nitrogens with one attached hydrogen (secondary N) is 1. The summed E-state index contributed by atoms with van der Waals surface area (Å²) in [4.78, 5) is 12.3. The van der Waals surface area contributed by atoms with E-state index in [9.17, 15) is 4.79 Å². The molecule has 1 unspecified atom stereocenters. The van der Waals surface area contributed by atoms with Crippen LogP contribution < -0.4 is 10.1 Å². The molecule has 3 rings (SSSR count). The number of aryl methyl sites for hydroxylation is 2. The zero-order valence-corrected chi connectivity index (χ0v) is 14.7. The topological polar surface area (TPSA) is 38.3 Å². The molecule has 1 aliphatic rings. The van der Waals surface area contributed by atoms with E-state index in [4.69, 9.17) is 4.74 Å². The Labute approximate surface area is 145 Å². The monoisotopic (exact) mass is 373 g/mol. The Balaban J connectivity index is 1.65. The van der Waals surface area contributed by atoms with E-state index in [1.807, 2.05) is 30.3 Å². The van der Waals surface area contributed by atoms with Crippen molar-refractivity contribution in [1.82, 2.24) is 0 Å². The average molecular weight is 374 g/mol. The fourth-order valence-electron chi connectivity index (χ4n) is 2.84. The molecule has 0 spiro atoms. The SMILES string of the molecule is CC(Oc1ccc2c(c1)CCCC2)C(=O)Nc1ccccc1Br. The van der Waals surface area contributed by atoms with Crippen molar-refractivity contribution in [3.05, 3.63) is 58.1 Å². The molecule has 3 nitrogen and oxygen atoms in total. The van der Waals surface area contributed by atoms with Crippen LogP contribution in [0.1, 0.15) is 30.9 Å². The largest absolute Gasteiger partial charge is 0.481 e. The number of hydrogen-bond donors (Lipinski definition) is 1. The molecule has 4 heteroatoms. The quantitative estimate of drug-likeness (QED) is 0.840. The Morgan fingerprint density at radius 1 is 1.13 bits per heavy atom. The number of halogens is 1. The number of rotatable bonds is 4. The Morgan fingerprint density at radius 2 is 1.87 bits per heavy atom. The molecule has 0 heterocycles. The second-order valence-electron chi connectivity index (χ2n) is 5.87. The van der Waals surface area contributed by atoms with Crippen LogP contribution in [0.4, 0.5) is 5.69 Å². The van der Waals surface area contributed by atoms with Crippen LogP contribution in [0.5, 0.6) is 5.75 Å². The molecule has 2 aromatic rings. The van der Waals surface area contributed by atoms with Crippen molar-refractivity contribution < 1.29 is 9.53 Å². The highest BCUT2D eigenvalue weighted by Gasteiger charge is 2.17. The van der Waals surface area contributed by atoms with Gasteiger partial charge in [-0.2, -0.15) is 0 Å². The Kier molecular flexibility index (Phi) is 5.01. The van der Waals surface area contributed by atoms with Crippen LogP contribution in [0.15, 0.2) is 46.9 Å². The molecular formula is C19H20BrNO2. The molecule has 1 atom stereocenters. The first-order chi connectivity index (χ1) is 11.1. The third-order valence-corrected chi connectivity index (χ3v) is 4.83. The Bertz CT molecular complexity index is 714. The molecule has 23 heavy (non-hydrogen) atoms. The van der Waals surface area contributed by atoms with E-state index in [1.165, 1.54) is 24.0 Å². The zero-order valence-electron chi connectivity index (χ0n) is 13.1. The van der Waals surface area contributed by atoms with Crippen LogP contribution in [0, 0.1) is 0 Å². The van der Waals surface area contributed by atoms with Gasteiger partial charge in [-0.25, -0.2) is 0 Å². The van der Waals surface area contributed by atoms with Gasteiger partial charge in [-0.1, -0.05) is 18.2 Å². The van der Waals surface area contributed by atoms with Crippen molar-refractivity contribution in [2.24, 2.45) is 0 Å².